The Labute approximate surface area is 73.1 Å². The molecule has 1 atom stereocenters. The highest BCUT2D eigenvalue weighted by Gasteiger charge is 2.42. The number of hydrogen-bond donors (Lipinski definition) is 1. The maximum absolute atomic E-state index is 11.1. The lowest BCUT2D eigenvalue weighted by Gasteiger charge is -2.41. The van der Waals surface area contributed by atoms with E-state index in [1.165, 1.54) is 19.3 Å². The number of nitrogens with one attached hydrogen (secondary N) is 1. The van der Waals surface area contributed by atoms with Gasteiger partial charge >= 0.3 is 0 Å². The normalized spacial score (nSPS) is 37.2. The summed E-state index contributed by atoms with van der Waals surface area (Å²) in [6.07, 6.45) is 4.46. The number of likely N-dealkylation sites (tertiary alicyclic amines) is 1. The number of nitrogens with zero attached hydrogens (tertiary/aromatic N) is 1. The van der Waals surface area contributed by atoms with Crippen LogP contribution in [0.4, 0.5) is 0 Å². The van der Waals surface area contributed by atoms with Gasteiger partial charge in [-0.25, -0.2) is 0 Å². The summed E-state index contributed by atoms with van der Waals surface area (Å²) in [6.45, 7) is 2.01. The predicted molar refractivity (Wildman–Crippen MR) is 46.8 cm³/mol. The molecule has 0 aromatic carbocycles. The average molecular weight is 168 g/mol. The molecule has 68 valence electrons. The molecule has 1 N–H and O–H groups in total. The Hall–Kier alpha value is -0.570. The molecule has 2 fully saturated rings. The Bertz CT molecular complexity index is 205. The lowest BCUT2D eigenvalue weighted by molar-refractivity contribution is -0.120. The molecular weight excluding hydrogens is 152 g/mol. The Kier molecular flexibility index (Phi) is 1.83. The van der Waals surface area contributed by atoms with Crippen molar-refractivity contribution in [2.24, 2.45) is 0 Å². The van der Waals surface area contributed by atoms with Crippen LogP contribution in [-0.2, 0) is 4.79 Å². The maximum atomic E-state index is 11.1. The molecule has 0 saturated carbocycles. The Morgan fingerprint density at radius 2 is 2.33 bits per heavy atom. The van der Waals surface area contributed by atoms with E-state index in [2.05, 4.69) is 17.3 Å². The Balaban J connectivity index is 2.12. The van der Waals surface area contributed by atoms with Crippen LogP contribution in [-0.4, -0.2) is 36.5 Å². The monoisotopic (exact) mass is 168 g/mol. The van der Waals surface area contributed by atoms with E-state index < -0.39 is 0 Å². The molecule has 1 spiro atoms. The van der Waals surface area contributed by atoms with Crippen molar-refractivity contribution in [1.29, 1.82) is 0 Å². The van der Waals surface area contributed by atoms with Gasteiger partial charge in [0, 0.05) is 18.5 Å². The average Bonchev–Trinajstić information content (AvgIpc) is 2.41. The van der Waals surface area contributed by atoms with Gasteiger partial charge in [-0.3, -0.25) is 9.69 Å². The molecule has 0 unspecified atom stereocenters. The smallest absolute Gasteiger partial charge is 0.221 e. The molecule has 0 aromatic heterocycles. The van der Waals surface area contributed by atoms with Crippen molar-refractivity contribution in [3.05, 3.63) is 0 Å². The standard InChI is InChI=1S/C9H16N2O/c1-11-5-3-2-4-9(11)6-8(12)10-7-9/h2-7H2,1H3,(H,10,12)/t9-/m0/s1. The van der Waals surface area contributed by atoms with Crippen molar-refractivity contribution >= 4 is 5.91 Å². The van der Waals surface area contributed by atoms with Crippen LogP contribution in [0.1, 0.15) is 25.7 Å². The molecule has 3 nitrogen and oxygen atoms in total. The molecule has 2 heterocycles. The van der Waals surface area contributed by atoms with Gasteiger partial charge in [-0.2, -0.15) is 0 Å². The number of rotatable bonds is 0. The highest BCUT2D eigenvalue weighted by molar-refractivity contribution is 5.80. The zero-order valence-corrected chi connectivity index (χ0v) is 7.60. The highest BCUT2D eigenvalue weighted by Crippen LogP contribution is 2.32. The molecule has 2 saturated heterocycles. The summed E-state index contributed by atoms with van der Waals surface area (Å²) < 4.78 is 0. The fraction of sp³-hybridized carbons (Fsp3) is 0.889. The van der Waals surface area contributed by atoms with Crippen molar-refractivity contribution < 1.29 is 4.79 Å². The molecule has 2 rings (SSSR count). The van der Waals surface area contributed by atoms with Crippen molar-refractivity contribution in [2.75, 3.05) is 20.1 Å². The Morgan fingerprint density at radius 1 is 1.50 bits per heavy atom. The molecule has 0 bridgehead atoms. The zero-order chi connectivity index (χ0) is 8.60. The van der Waals surface area contributed by atoms with Crippen LogP contribution in [0.2, 0.25) is 0 Å². The third kappa shape index (κ3) is 1.12. The second kappa shape index (κ2) is 2.73. The number of hydrogen-bond acceptors (Lipinski definition) is 2. The molecule has 0 aliphatic carbocycles. The van der Waals surface area contributed by atoms with Crippen LogP contribution in [0.5, 0.6) is 0 Å². The van der Waals surface area contributed by atoms with Gasteiger partial charge in [0.2, 0.25) is 5.91 Å². The summed E-state index contributed by atoms with van der Waals surface area (Å²) in [5.41, 5.74) is 0.176. The first kappa shape index (κ1) is 8.05. The van der Waals surface area contributed by atoms with E-state index >= 15 is 0 Å². The number of piperidine rings is 1. The first-order valence-corrected chi connectivity index (χ1v) is 4.71. The van der Waals surface area contributed by atoms with E-state index in [1.54, 1.807) is 0 Å². The van der Waals surface area contributed by atoms with E-state index in [4.69, 9.17) is 0 Å². The second-order valence-electron chi connectivity index (χ2n) is 4.06. The third-order valence-electron chi connectivity index (χ3n) is 3.30. The van der Waals surface area contributed by atoms with Gasteiger partial charge in [0.25, 0.3) is 0 Å². The van der Waals surface area contributed by atoms with Crippen molar-refractivity contribution in [3.63, 3.8) is 0 Å². The second-order valence-corrected chi connectivity index (χ2v) is 4.06. The summed E-state index contributed by atoms with van der Waals surface area (Å²) in [5.74, 6) is 0.226. The molecule has 1 amide bonds. The first-order chi connectivity index (χ1) is 5.73. The minimum absolute atomic E-state index is 0.176. The SMILES string of the molecule is CN1CCCC[C@]12CNC(=O)C2. The van der Waals surface area contributed by atoms with Crippen LogP contribution in [0.3, 0.4) is 0 Å². The number of carbonyl (C=O) groups is 1. The van der Waals surface area contributed by atoms with Crippen LogP contribution >= 0.6 is 0 Å². The number of carbonyl (C=O) groups excluding carboxylic acids is 1. The largest absolute Gasteiger partial charge is 0.354 e. The lowest BCUT2D eigenvalue weighted by atomic mass is 9.86. The molecular formula is C9H16N2O. The Morgan fingerprint density at radius 3 is 2.92 bits per heavy atom. The predicted octanol–water partition coefficient (Wildman–Crippen LogP) is 0.361. The van der Waals surface area contributed by atoms with E-state index in [1.807, 2.05) is 0 Å². The van der Waals surface area contributed by atoms with Crippen molar-refractivity contribution in [2.45, 2.75) is 31.2 Å². The van der Waals surface area contributed by atoms with E-state index in [0.717, 1.165) is 13.1 Å². The van der Waals surface area contributed by atoms with Gasteiger partial charge in [-0.1, -0.05) is 6.42 Å². The molecule has 2 aliphatic heterocycles. The van der Waals surface area contributed by atoms with Gasteiger partial charge in [0.05, 0.1) is 0 Å². The summed E-state index contributed by atoms with van der Waals surface area (Å²) >= 11 is 0. The number of amides is 1. The maximum Gasteiger partial charge on any atom is 0.221 e. The quantitative estimate of drug-likeness (QED) is 0.566. The summed E-state index contributed by atoms with van der Waals surface area (Å²) in [5, 5.41) is 2.93. The lowest BCUT2D eigenvalue weighted by Crippen LogP contribution is -2.51. The van der Waals surface area contributed by atoms with Gasteiger partial charge in [0.1, 0.15) is 0 Å². The minimum atomic E-state index is 0.176. The molecule has 0 radical (unpaired) electrons. The zero-order valence-electron chi connectivity index (χ0n) is 7.60. The van der Waals surface area contributed by atoms with Crippen molar-refractivity contribution in [3.8, 4) is 0 Å². The number of likely N-dealkylation sites (N-methyl/N-ethyl adjacent to an activating group) is 1. The first-order valence-electron chi connectivity index (χ1n) is 4.71. The van der Waals surface area contributed by atoms with Crippen LogP contribution in [0, 0.1) is 0 Å². The van der Waals surface area contributed by atoms with Crippen LogP contribution in [0.25, 0.3) is 0 Å². The highest BCUT2D eigenvalue weighted by atomic mass is 16.2. The van der Waals surface area contributed by atoms with Gasteiger partial charge < -0.3 is 5.32 Å². The van der Waals surface area contributed by atoms with Crippen LogP contribution < -0.4 is 5.32 Å². The van der Waals surface area contributed by atoms with Gasteiger partial charge in [-0.15, -0.1) is 0 Å². The fourth-order valence-electron chi connectivity index (χ4n) is 2.36. The van der Waals surface area contributed by atoms with Gasteiger partial charge in [0.15, 0.2) is 0 Å². The van der Waals surface area contributed by atoms with E-state index in [9.17, 15) is 4.79 Å². The molecule has 3 heteroatoms. The summed E-state index contributed by atoms with van der Waals surface area (Å²) in [4.78, 5) is 13.5. The van der Waals surface area contributed by atoms with E-state index in [-0.39, 0.29) is 11.4 Å². The van der Waals surface area contributed by atoms with Gasteiger partial charge in [-0.05, 0) is 26.4 Å². The molecule has 2 aliphatic rings. The third-order valence-corrected chi connectivity index (χ3v) is 3.30. The fourth-order valence-corrected chi connectivity index (χ4v) is 2.36. The van der Waals surface area contributed by atoms with Crippen LogP contribution in [0.15, 0.2) is 0 Å². The van der Waals surface area contributed by atoms with E-state index in [0.29, 0.717) is 6.42 Å². The summed E-state index contributed by atoms with van der Waals surface area (Å²) in [6, 6.07) is 0. The molecule has 12 heavy (non-hydrogen) atoms. The molecule has 0 aromatic rings. The van der Waals surface area contributed by atoms with Crippen molar-refractivity contribution in [1.82, 2.24) is 10.2 Å². The minimum Gasteiger partial charge on any atom is -0.354 e. The summed E-state index contributed by atoms with van der Waals surface area (Å²) in [7, 11) is 2.14. The topological polar surface area (TPSA) is 32.3 Å².